The fourth-order valence-electron chi connectivity index (χ4n) is 5.32. The first-order valence-electron chi connectivity index (χ1n) is 17.9. The van der Waals surface area contributed by atoms with Crippen LogP contribution in [-0.2, 0) is 38.2 Å². The zero-order valence-electron chi connectivity index (χ0n) is 29.7. The van der Waals surface area contributed by atoms with Crippen molar-refractivity contribution < 1.29 is 38.2 Å². The van der Waals surface area contributed by atoms with E-state index in [-0.39, 0.29) is 49.4 Å². The number of nitrogens with one attached hydrogen (secondary N) is 4. The molecule has 3 atom stereocenters. The van der Waals surface area contributed by atoms with Gasteiger partial charge in [-0.05, 0) is 50.2 Å². The molecule has 0 aromatic rings. The van der Waals surface area contributed by atoms with Gasteiger partial charge in [-0.25, -0.2) is 0 Å². The maximum atomic E-state index is 12.1. The number of nitrogens with zero attached hydrogens (tertiary/aromatic N) is 1. The minimum atomic E-state index is -0.447. The van der Waals surface area contributed by atoms with Gasteiger partial charge in [0.15, 0.2) is 0 Å². The van der Waals surface area contributed by atoms with Crippen LogP contribution < -0.4 is 21.4 Å². The van der Waals surface area contributed by atoms with E-state index < -0.39 is 17.7 Å². The van der Waals surface area contributed by atoms with Gasteiger partial charge in [0.05, 0.1) is 13.2 Å². The fraction of sp³-hybridized carbons (Fsp3) is 0.824. The number of rotatable bonds is 25. The summed E-state index contributed by atoms with van der Waals surface area (Å²) < 4.78 is 11.2. The van der Waals surface area contributed by atoms with E-state index in [2.05, 4.69) is 28.3 Å². The van der Waals surface area contributed by atoms with Gasteiger partial charge in [0.1, 0.15) is 0 Å². The Kier molecular flexibility index (Phi) is 24.5. The summed E-state index contributed by atoms with van der Waals surface area (Å²) >= 11 is 1.93. The van der Waals surface area contributed by atoms with Gasteiger partial charge in [0.2, 0.25) is 35.4 Å². The molecule has 276 valence electrons. The third kappa shape index (κ3) is 20.0. The van der Waals surface area contributed by atoms with E-state index in [0.717, 1.165) is 62.1 Å². The Morgan fingerprint density at radius 1 is 0.729 bits per heavy atom. The van der Waals surface area contributed by atoms with Crippen LogP contribution in [0.5, 0.6) is 0 Å². The Hall–Kier alpha value is -2.71. The van der Waals surface area contributed by atoms with Crippen LogP contribution in [-0.4, -0.2) is 97.0 Å². The highest BCUT2D eigenvalue weighted by molar-refractivity contribution is 8.00. The van der Waals surface area contributed by atoms with Crippen molar-refractivity contribution in [2.75, 3.05) is 45.3 Å². The van der Waals surface area contributed by atoms with Crippen LogP contribution in [0.3, 0.4) is 0 Å². The predicted octanol–water partition coefficient (Wildman–Crippen LogP) is 3.40. The van der Waals surface area contributed by atoms with E-state index >= 15 is 0 Å². The number of hydrogen-bond donors (Lipinski definition) is 4. The molecule has 2 rings (SSSR count). The number of hydrogen-bond acceptors (Lipinski definition) is 9. The average Bonchev–Trinajstić information content (AvgIpc) is 3.56. The lowest BCUT2D eigenvalue weighted by Gasteiger charge is -2.22. The van der Waals surface area contributed by atoms with Crippen LogP contribution in [0.25, 0.3) is 0 Å². The Morgan fingerprint density at radius 3 is 1.94 bits per heavy atom. The summed E-state index contributed by atoms with van der Waals surface area (Å²) in [7, 11) is 0. The van der Waals surface area contributed by atoms with Gasteiger partial charge in [-0.2, -0.15) is 16.8 Å². The van der Waals surface area contributed by atoms with Crippen LogP contribution in [0.4, 0.5) is 0 Å². The number of ether oxygens (including phenoxy) is 2. The Balaban J connectivity index is 0.00000565. The molecule has 2 aliphatic heterocycles. The first kappa shape index (κ1) is 43.3. The summed E-state index contributed by atoms with van der Waals surface area (Å²) in [5.41, 5.74) is 2.30. The summed E-state index contributed by atoms with van der Waals surface area (Å²) in [4.78, 5) is 70.3. The van der Waals surface area contributed by atoms with Crippen molar-refractivity contribution in [2.24, 2.45) is 5.92 Å². The number of hydrazine groups is 1. The molecule has 48 heavy (non-hydrogen) atoms. The molecule has 0 spiro atoms. The molecule has 13 nitrogen and oxygen atoms in total. The Morgan fingerprint density at radius 2 is 1.29 bits per heavy atom. The van der Waals surface area contributed by atoms with Crippen molar-refractivity contribution >= 4 is 47.2 Å². The van der Waals surface area contributed by atoms with E-state index in [4.69, 9.17) is 9.47 Å². The second kappa shape index (κ2) is 27.2. The van der Waals surface area contributed by atoms with Crippen LogP contribution in [0.2, 0.25) is 0 Å². The van der Waals surface area contributed by atoms with Gasteiger partial charge in [-0.3, -0.25) is 34.2 Å². The molecule has 0 radical (unpaired) electrons. The number of thioether (sulfide) groups is 1. The number of unbranched alkanes of at least 4 members (excludes halogenated alkanes) is 4. The summed E-state index contributed by atoms with van der Waals surface area (Å²) in [6.45, 7) is 11.2. The monoisotopic (exact) mass is 699 g/mol. The minimum absolute atomic E-state index is 0.0290. The number of imide groups is 1. The summed E-state index contributed by atoms with van der Waals surface area (Å²) in [6.07, 6.45) is 8.77. The quantitative estimate of drug-likeness (QED) is 0.0824. The highest BCUT2D eigenvalue weighted by Gasteiger charge is 2.34. The lowest BCUT2D eigenvalue weighted by atomic mass is 9.97. The van der Waals surface area contributed by atoms with E-state index in [1.165, 1.54) is 0 Å². The summed E-state index contributed by atoms with van der Waals surface area (Å²) in [5.74, 6) is 0.279. The average molecular weight is 700 g/mol. The maximum Gasteiger partial charge on any atom is 0.248 e. The molecule has 6 amide bonds. The molecule has 0 aliphatic carbocycles. The zero-order valence-corrected chi connectivity index (χ0v) is 30.5. The normalized spacial score (nSPS) is 18.7. The van der Waals surface area contributed by atoms with E-state index in [1.807, 2.05) is 25.6 Å². The van der Waals surface area contributed by atoms with E-state index in [1.54, 1.807) is 6.92 Å². The number of carbonyl (C=O) groups excluding carboxylic acids is 6. The van der Waals surface area contributed by atoms with Gasteiger partial charge in [0.25, 0.3) is 0 Å². The Bertz CT molecular complexity index is 969. The molecule has 2 heterocycles. The highest BCUT2D eigenvalue weighted by Crippen LogP contribution is 2.34. The zero-order chi connectivity index (χ0) is 35.6. The third-order valence-electron chi connectivity index (χ3n) is 7.89. The summed E-state index contributed by atoms with van der Waals surface area (Å²) in [5, 5.41) is 10.1. The molecule has 2 fully saturated rings. The standard InChI is InChI=1S/C32H55N5O8S.C2H6/c1-24-23-46-26(32(24)35-25(2)38)11-5-6-12-27(39)34-18-10-20-45-22-21-44-19-8-4-3-7-17-33-28(40)13-9-14-29(41)36-37-30(42)15-16-31(37)43;1-2/h24,26,32H,3-23H2,1-2H3,(H,33,40)(H,34,39)(H,35,38)(H,36,41);1-2H3. The van der Waals surface area contributed by atoms with Crippen molar-refractivity contribution in [1.29, 1.82) is 0 Å². The first-order chi connectivity index (χ1) is 23.2. The minimum Gasteiger partial charge on any atom is -0.379 e. The number of carbonyl (C=O) groups is 6. The second-order valence-electron chi connectivity index (χ2n) is 12.0. The molecule has 3 unspecified atom stereocenters. The molecule has 2 saturated heterocycles. The van der Waals surface area contributed by atoms with Crippen molar-refractivity contribution in [1.82, 2.24) is 26.4 Å². The van der Waals surface area contributed by atoms with Gasteiger partial charge in [-0.1, -0.05) is 40.0 Å². The molecule has 2 aliphatic rings. The van der Waals surface area contributed by atoms with E-state index in [0.29, 0.717) is 63.5 Å². The van der Waals surface area contributed by atoms with Crippen molar-refractivity contribution in [3.63, 3.8) is 0 Å². The number of amides is 6. The second-order valence-corrected chi connectivity index (χ2v) is 13.3. The van der Waals surface area contributed by atoms with E-state index in [9.17, 15) is 28.8 Å². The summed E-state index contributed by atoms with van der Waals surface area (Å²) in [6, 6.07) is 0.236. The molecule has 0 bridgehead atoms. The smallest absolute Gasteiger partial charge is 0.248 e. The Labute approximate surface area is 291 Å². The fourth-order valence-corrected chi connectivity index (χ4v) is 6.95. The SMILES string of the molecule is CC.CC(=O)NC1C(C)CSC1CCCCC(=O)NCCCOCCOCCCCCCNC(=O)CCCC(=O)NN1C(=O)CCC1=O. The topological polar surface area (TPSA) is 172 Å². The predicted molar refractivity (Wildman–Crippen MR) is 187 cm³/mol. The maximum absolute atomic E-state index is 12.1. The van der Waals surface area contributed by atoms with Crippen LogP contribution in [0, 0.1) is 5.92 Å². The largest absolute Gasteiger partial charge is 0.379 e. The molecular formula is C34H61N5O8S. The lowest BCUT2D eigenvalue weighted by molar-refractivity contribution is -0.148. The lowest BCUT2D eigenvalue weighted by Crippen LogP contribution is -2.45. The van der Waals surface area contributed by atoms with Gasteiger partial charge < -0.3 is 25.4 Å². The molecule has 0 aromatic heterocycles. The molecule has 0 saturated carbocycles. The first-order valence-corrected chi connectivity index (χ1v) is 18.9. The third-order valence-corrected chi connectivity index (χ3v) is 9.57. The van der Waals surface area contributed by atoms with Crippen LogP contribution >= 0.6 is 11.8 Å². The van der Waals surface area contributed by atoms with Crippen molar-refractivity contribution in [3.05, 3.63) is 0 Å². The van der Waals surface area contributed by atoms with Crippen molar-refractivity contribution in [2.45, 2.75) is 129 Å². The van der Waals surface area contributed by atoms with Crippen LogP contribution in [0.1, 0.15) is 118 Å². The molecule has 14 heteroatoms. The van der Waals surface area contributed by atoms with Crippen molar-refractivity contribution in [3.8, 4) is 0 Å². The van der Waals surface area contributed by atoms with Gasteiger partial charge in [0, 0.05) is 76.6 Å². The van der Waals surface area contributed by atoms with Crippen LogP contribution in [0.15, 0.2) is 0 Å². The highest BCUT2D eigenvalue weighted by atomic mass is 32.2. The van der Waals surface area contributed by atoms with Gasteiger partial charge in [-0.15, -0.1) is 0 Å². The molecule has 0 aromatic carbocycles. The molecular weight excluding hydrogens is 638 g/mol. The molecule has 4 N–H and O–H groups in total. The van der Waals surface area contributed by atoms with Gasteiger partial charge >= 0.3 is 0 Å².